The standard InChI is InChI=1S/C16H26N2O.ClH/c1-4-13(5-2)15(14-9-7-6-8-10-14)18-16(19)12(3)11-17;/h6-10,12-13,15H,4-5,11,17H2,1-3H3,(H,18,19);1H. The molecule has 2 unspecified atom stereocenters. The van der Waals surface area contributed by atoms with Crippen LogP contribution in [0.4, 0.5) is 0 Å². The maximum absolute atomic E-state index is 12.1. The minimum absolute atomic E-state index is 0. The number of benzene rings is 1. The maximum Gasteiger partial charge on any atom is 0.224 e. The van der Waals surface area contributed by atoms with E-state index in [1.165, 1.54) is 5.56 Å². The molecule has 0 aliphatic rings. The first kappa shape index (κ1) is 18.9. The zero-order valence-electron chi connectivity index (χ0n) is 12.6. The fourth-order valence-electron chi connectivity index (χ4n) is 2.30. The van der Waals surface area contributed by atoms with Crippen LogP contribution >= 0.6 is 12.4 Å². The number of hydrogen-bond acceptors (Lipinski definition) is 2. The Morgan fingerprint density at radius 1 is 1.20 bits per heavy atom. The molecule has 1 rings (SSSR count). The predicted octanol–water partition coefficient (Wildman–Crippen LogP) is 3.30. The quantitative estimate of drug-likeness (QED) is 0.811. The van der Waals surface area contributed by atoms with Crippen LogP contribution in [-0.2, 0) is 4.79 Å². The van der Waals surface area contributed by atoms with Crippen molar-refractivity contribution in [1.82, 2.24) is 5.32 Å². The van der Waals surface area contributed by atoms with Crippen LogP contribution in [0.5, 0.6) is 0 Å². The molecular weight excluding hydrogens is 272 g/mol. The molecule has 20 heavy (non-hydrogen) atoms. The zero-order chi connectivity index (χ0) is 14.3. The molecule has 0 radical (unpaired) electrons. The molecule has 0 aliphatic heterocycles. The van der Waals surface area contributed by atoms with Crippen LogP contribution in [0, 0.1) is 11.8 Å². The van der Waals surface area contributed by atoms with Gasteiger partial charge in [0.05, 0.1) is 6.04 Å². The molecule has 1 aromatic carbocycles. The van der Waals surface area contributed by atoms with E-state index in [1.807, 2.05) is 25.1 Å². The van der Waals surface area contributed by atoms with Crippen LogP contribution in [0.15, 0.2) is 30.3 Å². The van der Waals surface area contributed by atoms with Crippen LogP contribution in [0.2, 0.25) is 0 Å². The Morgan fingerprint density at radius 3 is 2.20 bits per heavy atom. The van der Waals surface area contributed by atoms with Crippen LogP contribution in [0.1, 0.15) is 45.2 Å². The van der Waals surface area contributed by atoms with Crippen molar-refractivity contribution in [2.24, 2.45) is 17.6 Å². The second kappa shape index (κ2) is 9.78. The maximum atomic E-state index is 12.1. The summed E-state index contributed by atoms with van der Waals surface area (Å²) in [6.45, 7) is 6.59. The summed E-state index contributed by atoms with van der Waals surface area (Å²) < 4.78 is 0. The molecule has 3 nitrogen and oxygen atoms in total. The molecule has 1 aromatic rings. The number of nitrogens with one attached hydrogen (secondary N) is 1. The van der Waals surface area contributed by atoms with E-state index in [1.54, 1.807) is 0 Å². The van der Waals surface area contributed by atoms with Gasteiger partial charge in [0, 0.05) is 12.5 Å². The van der Waals surface area contributed by atoms with E-state index in [0.29, 0.717) is 12.5 Å². The highest BCUT2D eigenvalue weighted by molar-refractivity contribution is 5.85. The fraction of sp³-hybridized carbons (Fsp3) is 0.562. The molecule has 4 heteroatoms. The van der Waals surface area contributed by atoms with Crippen molar-refractivity contribution in [3.8, 4) is 0 Å². The number of amides is 1. The topological polar surface area (TPSA) is 55.1 Å². The second-order valence-electron chi connectivity index (χ2n) is 5.11. The van der Waals surface area contributed by atoms with E-state index >= 15 is 0 Å². The van der Waals surface area contributed by atoms with Gasteiger partial charge in [-0.25, -0.2) is 0 Å². The lowest BCUT2D eigenvalue weighted by molar-refractivity contribution is -0.125. The Balaban J connectivity index is 0.00000361. The highest BCUT2D eigenvalue weighted by Gasteiger charge is 2.23. The summed E-state index contributed by atoms with van der Waals surface area (Å²) >= 11 is 0. The molecule has 3 N–H and O–H groups in total. The van der Waals surface area contributed by atoms with Gasteiger partial charge in [-0.3, -0.25) is 4.79 Å². The van der Waals surface area contributed by atoms with Crippen LogP contribution < -0.4 is 11.1 Å². The second-order valence-corrected chi connectivity index (χ2v) is 5.11. The Hall–Kier alpha value is -1.06. The summed E-state index contributed by atoms with van der Waals surface area (Å²) in [5.74, 6) is 0.361. The third-order valence-corrected chi connectivity index (χ3v) is 3.78. The summed E-state index contributed by atoms with van der Waals surface area (Å²) in [5.41, 5.74) is 6.74. The minimum Gasteiger partial charge on any atom is -0.349 e. The van der Waals surface area contributed by atoms with Gasteiger partial charge in [-0.05, 0) is 11.5 Å². The largest absolute Gasteiger partial charge is 0.349 e. The van der Waals surface area contributed by atoms with Gasteiger partial charge in [-0.1, -0.05) is 63.9 Å². The fourth-order valence-corrected chi connectivity index (χ4v) is 2.30. The highest BCUT2D eigenvalue weighted by Crippen LogP contribution is 2.27. The van der Waals surface area contributed by atoms with Crippen molar-refractivity contribution < 1.29 is 4.79 Å². The first-order valence-corrected chi connectivity index (χ1v) is 7.19. The number of halogens is 1. The number of hydrogen-bond donors (Lipinski definition) is 2. The van der Waals surface area contributed by atoms with Gasteiger partial charge in [0.1, 0.15) is 0 Å². The average molecular weight is 299 g/mol. The molecule has 0 aliphatic carbocycles. The molecule has 0 bridgehead atoms. The van der Waals surface area contributed by atoms with Crippen molar-refractivity contribution in [2.45, 2.75) is 39.7 Å². The number of carbonyl (C=O) groups excluding carboxylic acids is 1. The van der Waals surface area contributed by atoms with E-state index in [4.69, 9.17) is 5.73 Å². The van der Waals surface area contributed by atoms with Gasteiger partial charge < -0.3 is 11.1 Å². The van der Waals surface area contributed by atoms with Crippen molar-refractivity contribution in [1.29, 1.82) is 0 Å². The summed E-state index contributed by atoms with van der Waals surface area (Å²) in [5, 5.41) is 3.17. The number of rotatable bonds is 7. The molecule has 2 atom stereocenters. The first-order chi connectivity index (χ1) is 9.13. The van der Waals surface area contributed by atoms with Crippen molar-refractivity contribution in [2.75, 3.05) is 6.54 Å². The summed E-state index contributed by atoms with van der Waals surface area (Å²) in [7, 11) is 0. The van der Waals surface area contributed by atoms with Crippen LogP contribution in [-0.4, -0.2) is 12.5 Å². The summed E-state index contributed by atoms with van der Waals surface area (Å²) in [6.07, 6.45) is 2.10. The SMILES string of the molecule is CCC(CC)C(NC(=O)C(C)CN)c1ccccc1.Cl. The van der Waals surface area contributed by atoms with Crippen molar-refractivity contribution in [3.63, 3.8) is 0 Å². The molecule has 0 heterocycles. The molecule has 0 aromatic heterocycles. The van der Waals surface area contributed by atoms with Gasteiger partial charge in [-0.2, -0.15) is 0 Å². The van der Waals surface area contributed by atoms with E-state index < -0.39 is 0 Å². The molecule has 114 valence electrons. The van der Waals surface area contributed by atoms with Crippen LogP contribution in [0.25, 0.3) is 0 Å². The molecule has 0 saturated carbocycles. The Labute approximate surface area is 128 Å². The third kappa shape index (κ3) is 5.14. The Morgan fingerprint density at radius 2 is 1.75 bits per heavy atom. The third-order valence-electron chi connectivity index (χ3n) is 3.78. The smallest absolute Gasteiger partial charge is 0.224 e. The lowest BCUT2D eigenvalue weighted by atomic mass is 9.88. The normalized spacial score (nSPS) is 13.4. The Kier molecular flexibility index (Phi) is 9.26. The average Bonchev–Trinajstić information content (AvgIpc) is 2.47. The van der Waals surface area contributed by atoms with Crippen molar-refractivity contribution in [3.05, 3.63) is 35.9 Å². The minimum atomic E-state index is -0.138. The molecule has 0 spiro atoms. The molecule has 0 saturated heterocycles. The van der Waals surface area contributed by atoms with Crippen molar-refractivity contribution >= 4 is 18.3 Å². The van der Waals surface area contributed by atoms with Crippen LogP contribution in [0.3, 0.4) is 0 Å². The number of nitrogens with two attached hydrogens (primary N) is 1. The highest BCUT2D eigenvalue weighted by atomic mass is 35.5. The van der Waals surface area contributed by atoms with E-state index in [-0.39, 0.29) is 30.3 Å². The van der Waals surface area contributed by atoms with Gasteiger partial charge >= 0.3 is 0 Å². The van der Waals surface area contributed by atoms with Gasteiger partial charge in [0.2, 0.25) is 5.91 Å². The van der Waals surface area contributed by atoms with E-state index in [9.17, 15) is 4.79 Å². The molecule has 0 fully saturated rings. The first-order valence-electron chi connectivity index (χ1n) is 7.19. The lowest BCUT2D eigenvalue weighted by Crippen LogP contribution is -2.38. The van der Waals surface area contributed by atoms with Gasteiger partial charge in [-0.15, -0.1) is 12.4 Å². The number of carbonyl (C=O) groups is 1. The lowest BCUT2D eigenvalue weighted by Gasteiger charge is -2.28. The summed E-state index contributed by atoms with van der Waals surface area (Å²) in [6, 6.07) is 10.3. The Bertz CT molecular complexity index is 379. The molecule has 1 amide bonds. The van der Waals surface area contributed by atoms with E-state index in [0.717, 1.165) is 12.8 Å². The zero-order valence-corrected chi connectivity index (χ0v) is 13.5. The van der Waals surface area contributed by atoms with Gasteiger partial charge in [0.15, 0.2) is 0 Å². The monoisotopic (exact) mass is 298 g/mol. The van der Waals surface area contributed by atoms with Gasteiger partial charge in [0.25, 0.3) is 0 Å². The van der Waals surface area contributed by atoms with E-state index in [2.05, 4.69) is 31.3 Å². The predicted molar refractivity (Wildman–Crippen MR) is 86.9 cm³/mol. The molecular formula is C16H27ClN2O. The summed E-state index contributed by atoms with van der Waals surface area (Å²) in [4.78, 5) is 12.1.